The van der Waals surface area contributed by atoms with Crippen LogP contribution in [-0.4, -0.2) is 7.11 Å². The zero-order valence-electron chi connectivity index (χ0n) is 6.58. The standard InChI is InChI=1S/C10H11O/c1-3-5-9-6-4-7-10(8-9)11-2/h1,3-4,6-8H,5H2,2H3. The third kappa shape index (κ3) is 2.11. The van der Waals surface area contributed by atoms with Gasteiger partial charge in [0.2, 0.25) is 0 Å². The zero-order chi connectivity index (χ0) is 8.10. The minimum absolute atomic E-state index is 0.789. The van der Waals surface area contributed by atoms with Crippen LogP contribution in [0.25, 0.3) is 0 Å². The fraction of sp³-hybridized carbons (Fsp3) is 0.200. The van der Waals surface area contributed by atoms with Crippen LogP contribution in [0.3, 0.4) is 0 Å². The average Bonchev–Trinajstić information content (AvgIpc) is 2.06. The molecule has 0 saturated carbocycles. The molecule has 0 fully saturated rings. The summed E-state index contributed by atoms with van der Waals surface area (Å²) in [6.45, 7) is 5.29. The van der Waals surface area contributed by atoms with Crippen molar-refractivity contribution in [3.8, 4) is 5.75 Å². The van der Waals surface area contributed by atoms with Crippen molar-refractivity contribution >= 4 is 0 Å². The molecule has 0 aromatic heterocycles. The highest BCUT2D eigenvalue weighted by Gasteiger charge is 1.91. The summed E-state index contributed by atoms with van der Waals surface area (Å²) in [5, 5.41) is 0. The van der Waals surface area contributed by atoms with Gasteiger partial charge in [-0.3, -0.25) is 0 Å². The van der Waals surface area contributed by atoms with E-state index in [1.807, 2.05) is 24.3 Å². The molecule has 0 atom stereocenters. The van der Waals surface area contributed by atoms with Crippen molar-refractivity contribution in [3.63, 3.8) is 0 Å². The van der Waals surface area contributed by atoms with E-state index in [4.69, 9.17) is 11.3 Å². The molecule has 1 heteroatoms. The first-order chi connectivity index (χ1) is 5.36. The Kier molecular flexibility index (Phi) is 2.73. The maximum absolute atomic E-state index is 5.29. The monoisotopic (exact) mass is 147 g/mol. The number of allylic oxidation sites excluding steroid dienone is 1. The number of benzene rings is 1. The third-order valence-electron chi connectivity index (χ3n) is 1.49. The molecule has 1 radical (unpaired) electrons. The quantitative estimate of drug-likeness (QED) is 0.637. The third-order valence-corrected chi connectivity index (χ3v) is 1.49. The Balaban J connectivity index is 2.82. The van der Waals surface area contributed by atoms with E-state index in [1.54, 1.807) is 13.2 Å². The van der Waals surface area contributed by atoms with Crippen molar-refractivity contribution in [2.24, 2.45) is 0 Å². The van der Waals surface area contributed by atoms with Crippen LogP contribution in [0.2, 0.25) is 0 Å². The lowest BCUT2D eigenvalue weighted by Crippen LogP contribution is -1.84. The molecule has 0 unspecified atom stereocenters. The fourth-order valence-electron chi connectivity index (χ4n) is 0.936. The molecule has 0 aliphatic carbocycles. The molecule has 1 aromatic carbocycles. The average molecular weight is 147 g/mol. The molecule has 1 aromatic rings. The molecule has 0 saturated heterocycles. The van der Waals surface area contributed by atoms with Crippen molar-refractivity contribution in [3.05, 3.63) is 42.5 Å². The molecule has 0 aliphatic heterocycles. The summed E-state index contributed by atoms with van der Waals surface area (Å²) < 4.78 is 5.05. The topological polar surface area (TPSA) is 9.23 Å². The fourth-order valence-corrected chi connectivity index (χ4v) is 0.936. The van der Waals surface area contributed by atoms with Crippen molar-refractivity contribution in [1.82, 2.24) is 0 Å². The first kappa shape index (κ1) is 7.86. The van der Waals surface area contributed by atoms with Crippen LogP contribution in [0.5, 0.6) is 5.75 Å². The van der Waals surface area contributed by atoms with Gasteiger partial charge in [-0.15, -0.1) is 0 Å². The number of hydrogen-bond acceptors (Lipinski definition) is 1. The van der Waals surface area contributed by atoms with E-state index in [-0.39, 0.29) is 0 Å². The molecule has 57 valence electrons. The molecular formula is C10H11O. The van der Waals surface area contributed by atoms with Crippen molar-refractivity contribution in [1.29, 1.82) is 0 Å². The van der Waals surface area contributed by atoms with E-state index in [0.717, 1.165) is 12.2 Å². The van der Waals surface area contributed by atoms with Gasteiger partial charge >= 0.3 is 0 Å². The van der Waals surface area contributed by atoms with Gasteiger partial charge in [0.05, 0.1) is 7.11 Å². The van der Waals surface area contributed by atoms with Gasteiger partial charge in [-0.25, -0.2) is 0 Å². The lowest BCUT2D eigenvalue weighted by Gasteiger charge is -2.00. The Morgan fingerprint density at radius 2 is 2.36 bits per heavy atom. The Bertz CT molecular complexity index is 240. The van der Waals surface area contributed by atoms with Gasteiger partial charge in [0.25, 0.3) is 0 Å². The molecule has 11 heavy (non-hydrogen) atoms. The van der Waals surface area contributed by atoms with Crippen LogP contribution < -0.4 is 4.74 Å². The summed E-state index contributed by atoms with van der Waals surface area (Å²) in [4.78, 5) is 0. The van der Waals surface area contributed by atoms with Crippen LogP contribution in [-0.2, 0) is 6.42 Å². The minimum atomic E-state index is 0.789. The van der Waals surface area contributed by atoms with Crippen molar-refractivity contribution in [2.45, 2.75) is 6.42 Å². The normalized spacial score (nSPS) is 9.18. The molecule has 0 spiro atoms. The second-order valence-electron chi connectivity index (χ2n) is 2.29. The first-order valence-electron chi connectivity index (χ1n) is 3.53. The van der Waals surface area contributed by atoms with Crippen LogP contribution in [0, 0.1) is 6.58 Å². The molecule has 0 bridgehead atoms. The van der Waals surface area contributed by atoms with E-state index in [9.17, 15) is 0 Å². The summed E-state index contributed by atoms with van der Waals surface area (Å²) >= 11 is 0. The van der Waals surface area contributed by atoms with Crippen LogP contribution in [0.1, 0.15) is 5.56 Å². The Hall–Kier alpha value is -1.24. The summed E-state index contributed by atoms with van der Waals surface area (Å²) in [6.07, 6.45) is 2.42. The van der Waals surface area contributed by atoms with E-state index >= 15 is 0 Å². The van der Waals surface area contributed by atoms with Gasteiger partial charge < -0.3 is 4.74 Å². The summed E-state index contributed by atoms with van der Waals surface area (Å²) in [7, 11) is 1.66. The maximum Gasteiger partial charge on any atom is 0.119 e. The predicted octanol–water partition coefficient (Wildman–Crippen LogP) is 2.23. The van der Waals surface area contributed by atoms with E-state index < -0.39 is 0 Å². The highest BCUT2D eigenvalue weighted by Crippen LogP contribution is 2.12. The van der Waals surface area contributed by atoms with Gasteiger partial charge in [-0.2, -0.15) is 0 Å². The van der Waals surface area contributed by atoms with E-state index in [2.05, 4.69) is 0 Å². The van der Waals surface area contributed by atoms with Gasteiger partial charge in [-0.1, -0.05) is 24.8 Å². The summed E-state index contributed by atoms with van der Waals surface area (Å²) in [5.74, 6) is 0.879. The Morgan fingerprint density at radius 3 is 3.00 bits per heavy atom. The van der Waals surface area contributed by atoms with Crippen LogP contribution in [0.15, 0.2) is 30.3 Å². The second-order valence-corrected chi connectivity index (χ2v) is 2.29. The van der Waals surface area contributed by atoms with Gasteiger partial charge in [0, 0.05) is 0 Å². The summed E-state index contributed by atoms with van der Waals surface area (Å²) in [6, 6.07) is 7.87. The van der Waals surface area contributed by atoms with Crippen molar-refractivity contribution in [2.75, 3.05) is 7.11 Å². The van der Waals surface area contributed by atoms with Gasteiger partial charge in [0.1, 0.15) is 5.75 Å². The maximum atomic E-state index is 5.29. The number of ether oxygens (including phenoxy) is 1. The second kappa shape index (κ2) is 3.81. The summed E-state index contributed by atoms with van der Waals surface area (Å²) in [5.41, 5.74) is 1.17. The molecule has 0 amide bonds. The predicted molar refractivity (Wildman–Crippen MR) is 45.6 cm³/mol. The molecule has 1 rings (SSSR count). The van der Waals surface area contributed by atoms with E-state index in [0.29, 0.717) is 0 Å². The zero-order valence-corrected chi connectivity index (χ0v) is 6.58. The van der Waals surface area contributed by atoms with Gasteiger partial charge in [0.15, 0.2) is 0 Å². The molecule has 1 nitrogen and oxygen atoms in total. The number of rotatable bonds is 3. The lowest BCUT2D eigenvalue weighted by atomic mass is 10.1. The van der Waals surface area contributed by atoms with Crippen molar-refractivity contribution < 1.29 is 4.74 Å². The molecular weight excluding hydrogens is 136 g/mol. The smallest absolute Gasteiger partial charge is 0.119 e. The number of hydrogen-bond donors (Lipinski definition) is 0. The highest BCUT2D eigenvalue weighted by atomic mass is 16.5. The van der Waals surface area contributed by atoms with Crippen LogP contribution in [0.4, 0.5) is 0 Å². The molecule has 0 N–H and O–H groups in total. The Morgan fingerprint density at radius 1 is 1.55 bits per heavy atom. The van der Waals surface area contributed by atoms with Crippen LogP contribution >= 0.6 is 0 Å². The highest BCUT2D eigenvalue weighted by molar-refractivity contribution is 5.29. The van der Waals surface area contributed by atoms with E-state index in [1.165, 1.54) is 5.56 Å². The molecule has 0 heterocycles. The molecule has 0 aliphatic rings. The lowest BCUT2D eigenvalue weighted by molar-refractivity contribution is 0.414. The SMILES string of the molecule is [CH]=CCc1cccc(OC)c1. The largest absolute Gasteiger partial charge is 0.497 e. The Labute approximate surface area is 67.3 Å². The van der Waals surface area contributed by atoms with Gasteiger partial charge in [-0.05, 0) is 24.1 Å². The minimum Gasteiger partial charge on any atom is -0.497 e. The first-order valence-corrected chi connectivity index (χ1v) is 3.53. The number of methoxy groups -OCH3 is 1.